The van der Waals surface area contributed by atoms with Crippen molar-refractivity contribution in [1.29, 1.82) is 5.26 Å². The maximum Gasteiger partial charge on any atom is 0.343 e. The molecule has 7 heteroatoms. The van der Waals surface area contributed by atoms with Crippen LogP contribution in [0.1, 0.15) is 22.8 Å². The van der Waals surface area contributed by atoms with Crippen LogP contribution < -0.4 is 20.8 Å². The maximum absolute atomic E-state index is 14.4. The topological polar surface area (TPSA) is 98.5 Å². The third kappa shape index (κ3) is 3.32. The van der Waals surface area contributed by atoms with Crippen molar-refractivity contribution >= 4 is 0 Å². The number of para-hydroxylation sites is 1. The second-order valence-corrected chi connectivity index (χ2v) is 6.45. The van der Waals surface area contributed by atoms with E-state index in [4.69, 9.17) is 19.6 Å². The molecule has 0 fully saturated rings. The van der Waals surface area contributed by atoms with Gasteiger partial charge in [-0.15, -0.1) is 0 Å². The Morgan fingerprint density at radius 2 is 1.93 bits per heavy atom. The molecule has 0 saturated heterocycles. The summed E-state index contributed by atoms with van der Waals surface area (Å²) in [6.45, 7) is 1.60. The van der Waals surface area contributed by atoms with Crippen molar-refractivity contribution in [2.75, 3.05) is 0 Å². The van der Waals surface area contributed by atoms with Crippen LogP contribution in [0.4, 0.5) is 4.39 Å². The molecule has 6 nitrogen and oxygen atoms in total. The predicted octanol–water partition coefficient (Wildman–Crippen LogP) is 4.10. The van der Waals surface area contributed by atoms with E-state index < -0.39 is 17.4 Å². The zero-order chi connectivity index (χ0) is 20.5. The fraction of sp³-hybridized carbons (Fsp3) is 0.0909. The van der Waals surface area contributed by atoms with E-state index in [-0.39, 0.29) is 28.5 Å². The average molecular weight is 390 g/mol. The number of nitriles is 1. The number of benzene rings is 2. The summed E-state index contributed by atoms with van der Waals surface area (Å²) in [6, 6.07) is 16.3. The van der Waals surface area contributed by atoms with E-state index in [9.17, 15) is 14.4 Å². The number of allylic oxidation sites excluding steroid dienone is 1. The molecule has 2 aromatic carbocycles. The number of hydrogen-bond donors (Lipinski definition) is 1. The Balaban J connectivity index is 1.87. The van der Waals surface area contributed by atoms with Gasteiger partial charge in [0.1, 0.15) is 28.9 Å². The SMILES string of the molecule is Cc1cc2c(c(=O)o1)[C@H](c1ccc(F)c(Oc3ccccc3)c1)C(C#N)=C(N)O2. The second-order valence-electron chi connectivity index (χ2n) is 6.45. The smallest absolute Gasteiger partial charge is 0.343 e. The lowest BCUT2D eigenvalue weighted by Gasteiger charge is -2.25. The summed E-state index contributed by atoms with van der Waals surface area (Å²) in [5.41, 5.74) is 5.87. The number of nitrogens with zero attached hydrogens (tertiary/aromatic N) is 1. The minimum Gasteiger partial charge on any atom is -0.454 e. The minimum atomic E-state index is -0.876. The number of halogens is 1. The fourth-order valence-corrected chi connectivity index (χ4v) is 3.24. The Bertz CT molecular complexity index is 1230. The van der Waals surface area contributed by atoms with Gasteiger partial charge >= 0.3 is 5.63 Å². The van der Waals surface area contributed by atoms with Crippen molar-refractivity contribution < 1.29 is 18.3 Å². The Morgan fingerprint density at radius 1 is 1.17 bits per heavy atom. The summed E-state index contributed by atoms with van der Waals surface area (Å²) in [5, 5.41) is 9.62. The maximum atomic E-state index is 14.4. The van der Waals surface area contributed by atoms with Crippen LogP contribution in [-0.2, 0) is 0 Å². The molecule has 1 aliphatic heterocycles. The van der Waals surface area contributed by atoms with E-state index in [1.165, 1.54) is 24.3 Å². The van der Waals surface area contributed by atoms with Crippen LogP contribution in [0.2, 0.25) is 0 Å². The van der Waals surface area contributed by atoms with Gasteiger partial charge in [-0.05, 0) is 36.8 Å². The monoisotopic (exact) mass is 390 g/mol. The highest BCUT2D eigenvalue weighted by atomic mass is 19.1. The summed E-state index contributed by atoms with van der Waals surface area (Å²) in [6.07, 6.45) is 0. The molecule has 0 saturated carbocycles. The van der Waals surface area contributed by atoms with Crippen molar-refractivity contribution in [3.63, 3.8) is 0 Å². The first-order chi connectivity index (χ1) is 14.0. The van der Waals surface area contributed by atoms with Gasteiger partial charge in [-0.3, -0.25) is 0 Å². The standard InChI is InChI=1S/C22H15FN2O4/c1-12-9-18-20(22(26)27-12)19(15(11-24)21(25)29-18)13-7-8-16(23)17(10-13)28-14-5-3-2-4-6-14/h2-10,19H,25H2,1H3/t19-/m1/s1. The molecule has 1 aliphatic rings. The average Bonchev–Trinajstić information content (AvgIpc) is 2.69. The molecule has 4 rings (SSSR count). The van der Waals surface area contributed by atoms with Gasteiger partial charge in [0.15, 0.2) is 11.6 Å². The summed E-state index contributed by atoms with van der Waals surface area (Å²) < 4.78 is 30.7. The van der Waals surface area contributed by atoms with Gasteiger partial charge in [0.25, 0.3) is 0 Å². The highest BCUT2D eigenvalue weighted by Crippen LogP contribution is 2.41. The first kappa shape index (κ1) is 18.3. The summed E-state index contributed by atoms with van der Waals surface area (Å²) in [4.78, 5) is 12.6. The third-order valence-electron chi connectivity index (χ3n) is 4.52. The van der Waals surface area contributed by atoms with Gasteiger partial charge in [-0.2, -0.15) is 5.26 Å². The van der Waals surface area contributed by atoms with Gasteiger partial charge in [-0.1, -0.05) is 24.3 Å². The van der Waals surface area contributed by atoms with E-state index in [0.717, 1.165) is 0 Å². The zero-order valence-corrected chi connectivity index (χ0v) is 15.3. The molecule has 0 bridgehead atoms. The molecule has 2 heterocycles. The van der Waals surface area contributed by atoms with E-state index in [1.807, 2.05) is 12.1 Å². The number of rotatable bonds is 3. The molecule has 0 spiro atoms. The number of aryl methyl sites for hydroxylation is 1. The molecule has 1 aromatic heterocycles. The lowest BCUT2D eigenvalue weighted by Crippen LogP contribution is -2.26. The normalized spacial score (nSPS) is 15.3. The molecule has 0 amide bonds. The Morgan fingerprint density at radius 3 is 2.66 bits per heavy atom. The Hall–Kier alpha value is -4.05. The van der Waals surface area contributed by atoms with E-state index in [0.29, 0.717) is 17.1 Å². The molecule has 3 aromatic rings. The van der Waals surface area contributed by atoms with Gasteiger partial charge in [0.05, 0.1) is 11.5 Å². The van der Waals surface area contributed by atoms with Crippen molar-refractivity contribution in [2.45, 2.75) is 12.8 Å². The predicted molar refractivity (Wildman–Crippen MR) is 102 cm³/mol. The largest absolute Gasteiger partial charge is 0.454 e. The highest BCUT2D eigenvalue weighted by Gasteiger charge is 2.34. The third-order valence-corrected chi connectivity index (χ3v) is 4.52. The number of fused-ring (bicyclic) bond motifs is 1. The van der Waals surface area contributed by atoms with Crippen LogP contribution >= 0.6 is 0 Å². The van der Waals surface area contributed by atoms with Crippen molar-refractivity contribution in [3.05, 3.63) is 99.2 Å². The Kier molecular flexibility index (Phi) is 4.53. The van der Waals surface area contributed by atoms with E-state index in [2.05, 4.69) is 0 Å². The van der Waals surface area contributed by atoms with Gasteiger partial charge in [0, 0.05) is 6.07 Å². The number of nitrogens with two attached hydrogens (primary N) is 1. The molecule has 29 heavy (non-hydrogen) atoms. The summed E-state index contributed by atoms with van der Waals surface area (Å²) in [7, 11) is 0. The van der Waals surface area contributed by atoms with Crippen LogP contribution in [0.25, 0.3) is 0 Å². The van der Waals surface area contributed by atoms with Crippen LogP contribution in [0, 0.1) is 24.1 Å². The number of hydrogen-bond acceptors (Lipinski definition) is 6. The van der Waals surface area contributed by atoms with E-state index >= 15 is 0 Å². The van der Waals surface area contributed by atoms with Crippen LogP contribution in [0.5, 0.6) is 17.2 Å². The van der Waals surface area contributed by atoms with Crippen LogP contribution in [0.15, 0.2) is 75.3 Å². The molecular formula is C22H15FN2O4. The minimum absolute atomic E-state index is 0.0333. The lowest BCUT2D eigenvalue weighted by atomic mass is 9.84. The highest BCUT2D eigenvalue weighted by molar-refractivity contribution is 5.55. The molecule has 0 aliphatic carbocycles. The fourth-order valence-electron chi connectivity index (χ4n) is 3.24. The summed E-state index contributed by atoms with van der Waals surface area (Å²) >= 11 is 0. The Labute approximate surface area is 165 Å². The molecule has 1 atom stereocenters. The molecular weight excluding hydrogens is 375 g/mol. The second kappa shape index (κ2) is 7.17. The van der Waals surface area contributed by atoms with E-state index in [1.54, 1.807) is 31.2 Å². The molecule has 0 unspecified atom stereocenters. The quantitative estimate of drug-likeness (QED) is 0.723. The lowest BCUT2D eigenvalue weighted by molar-refractivity contribution is 0.371. The van der Waals surface area contributed by atoms with Crippen molar-refractivity contribution in [1.82, 2.24) is 0 Å². The molecule has 2 N–H and O–H groups in total. The first-order valence-corrected chi connectivity index (χ1v) is 8.72. The van der Waals surface area contributed by atoms with Crippen LogP contribution in [0.3, 0.4) is 0 Å². The zero-order valence-electron chi connectivity index (χ0n) is 15.3. The van der Waals surface area contributed by atoms with Gasteiger partial charge < -0.3 is 19.6 Å². The van der Waals surface area contributed by atoms with Crippen molar-refractivity contribution in [2.24, 2.45) is 5.73 Å². The van der Waals surface area contributed by atoms with Gasteiger partial charge in [0.2, 0.25) is 5.88 Å². The van der Waals surface area contributed by atoms with Crippen LogP contribution in [-0.4, -0.2) is 0 Å². The molecule has 0 radical (unpaired) electrons. The number of ether oxygens (including phenoxy) is 2. The van der Waals surface area contributed by atoms with Gasteiger partial charge in [-0.25, -0.2) is 9.18 Å². The first-order valence-electron chi connectivity index (χ1n) is 8.72. The van der Waals surface area contributed by atoms with Crippen molar-refractivity contribution in [3.8, 4) is 23.3 Å². The summed E-state index contributed by atoms with van der Waals surface area (Å²) in [5.74, 6) is -0.640. The molecule has 144 valence electrons.